The number of nitrogens with zero attached hydrogens (tertiary/aromatic N) is 1. The van der Waals surface area contributed by atoms with Gasteiger partial charge < -0.3 is 15.3 Å². The first kappa shape index (κ1) is 16.8. The Morgan fingerprint density at radius 3 is 2.40 bits per heavy atom. The molecule has 0 radical (unpaired) electrons. The standard InChI is InChI=1S/C15H28N2O3/c1-9(2)6-13(14(18)19)16-15(20)17-8-10(3)7-11(4)12(17)5/h9-13H,6-8H2,1-5H3,(H,16,20)(H,18,19)/t10?,11?,12?,13-/m1/s1. The van der Waals surface area contributed by atoms with Crippen LogP contribution in [-0.2, 0) is 4.79 Å². The molecule has 2 amide bonds. The summed E-state index contributed by atoms with van der Waals surface area (Å²) in [6.45, 7) is 10.9. The highest BCUT2D eigenvalue weighted by molar-refractivity contribution is 5.82. The predicted molar refractivity (Wildman–Crippen MR) is 78.5 cm³/mol. The maximum Gasteiger partial charge on any atom is 0.326 e. The van der Waals surface area contributed by atoms with Gasteiger partial charge in [0.15, 0.2) is 0 Å². The minimum absolute atomic E-state index is 0.152. The normalized spacial score (nSPS) is 28.3. The molecule has 2 N–H and O–H groups in total. The minimum Gasteiger partial charge on any atom is -0.480 e. The number of hydrogen-bond acceptors (Lipinski definition) is 2. The number of amides is 2. The SMILES string of the molecule is CC(C)C[C@@H](NC(=O)N1CC(C)CC(C)C1C)C(=O)O. The van der Waals surface area contributed by atoms with Crippen LogP contribution in [0.25, 0.3) is 0 Å². The highest BCUT2D eigenvalue weighted by Gasteiger charge is 2.33. The zero-order valence-electron chi connectivity index (χ0n) is 13.2. The largest absolute Gasteiger partial charge is 0.480 e. The van der Waals surface area contributed by atoms with Crippen LogP contribution < -0.4 is 5.32 Å². The molecule has 1 aliphatic rings. The number of piperidine rings is 1. The van der Waals surface area contributed by atoms with Crippen molar-refractivity contribution in [2.45, 2.75) is 59.5 Å². The van der Waals surface area contributed by atoms with E-state index in [1.165, 1.54) is 0 Å². The Balaban J connectivity index is 2.70. The number of urea groups is 1. The molecule has 0 spiro atoms. The fourth-order valence-electron chi connectivity index (χ4n) is 2.91. The summed E-state index contributed by atoms with van der Waals surface area (Å²) < 4.78 is 0. The van der Waals surface area contributed by atoms with Gasteiger partial charge in [0.25, 0.3) is 0 Å². The molecular formula is C15H28N2O3. The lowest BCUT2D eigenvalue weighted by Gasteiger charge is -2.41. The number of nitrogens with one attached hydrogen (secondary N) is 1. The Hall–Kier alpha value is -1.26. The van der Waals surface area contributed by atoms with E-state index < -0.39 is 12.0 Å². The van der Waals surface area contributed by atoms with Crippen molar-refractivity contribution in [3.05, 3.63) is 0 Å². The Labute approximate surface area is 121 Å². The van der Waals surface area contributed by atoms with E-state index in [9.17, 15) is 14.7 Å². The van der Waals surface area contributed by atoms with E-state index in [1.54, 1.807) is 4.90 Å². The van der Waals surface area contributed by atoms with Crippen molar-refractivity contribution < 1.29 is 14.7 Å². The van der Waals surface area contributed by atoms with Crippen LogP contribution in [0.15, 0.2) is 0 Å². The molecule has 0 saturated carbocycles. The van der Waals surface area contributed by atoms with E-state index in [0.29, 0.717) is 24.8 Å². The van der Waals surface area contributed by atoms with Crippen LogP contribution in [0.4, 0.5) is 4.79 Å². The van der Waals surface area contributed by atoms with Gasteiger partial charge >= 0.3 is 12.0 Å². The molecule has 1 rings (SSSR count). The smallest absolute Gasteiger partial charge is 0.326 e. The predicted octanol–water partition coefficient (Wildman–Crippen LogP) is 2.56. The van der Waals surface area contributed by atoms with Gasteiger partial charge in [0.05, 0.1) is 0 Å². The topological polar surface area (TPSA) is 69.6 Å². The van der Waals surface area contributed by atoms with Crippen molar-refractivity contribution >= 4 is 12.0 Å². The van der Waals surface area contributed by atoms with Crippen molar-refractivity contribution in [3.8, 4) is 0 Å². The average molecular weight is 284 g/mol. The summed E-state index contributed by atoms with van der Waals surface area (Å²) in [5, 5.41) is 11.9. The number of carbonyl (C=O) groups is 2. The summed E-state index contributed by atoms with van der Waals surface area (Å²) in [5.41, 5.74) is 0. The quantitative estimate of drug-likeness (QED) is 0.833. The molecule has 5 heteroatoms. The van der Waals surface area contributed by atoms with Gasteiger partial charge in [-0.1, -0.05) is 27.7 Å². The molecule has 0 aromatic heterocycles. The Bertz CT molecular complexity index is 357. The molecular weight excluding hydrogens is 256 g/mol. The third-order valence-corrected chi connectivity index (χ3v) is 4.16. The van der Waals surface area contributed by atoms with E-state index in [4.69, 9.17) is 0 Å². The van der Waals surface area contributed by atoms with E-state index in [0.717, 1.165) is 6.42 Å². The van der Waals surface area contributed by atoms with Crippen LogP contribution >= 0.6 is 0 Å². The molecule has 1 saturated heterocycles. The van der Waals surface area contributed by atoms with Crippen LogP contribution in [0, 0.1) is 17.8 Å². The first-order valence-electron chi connectivity index (χ1n) is 7.52. The molecule has 1 heterocycles. The highest BCUT2D eigenvalue weighted by Crippen LogP contribution is 2.26. The molecule has 0 aromatic carbocycles. The maximum absolute atomic E-state index is 12.3. The summed E-state index contributed by atoms with van der Waals surface area (Å²) >= 11 is 0. The highest BCUT2D eigenvalue weighted by atomic mass is 16.4. The number of carboxylic acids is 1. The summed E-state index contributed by atoms with van der Waals surface area (Å²) in [4.78, 5) is 25.4. The number of carboxylic acid groups (broad SMARTS) is 1. The summed E-state index contributed by atoms with van der Waals surface area (Å²) in [5.74, 6) is 0.170. The molecule has 5 nitrogen and oxygen atoms in total. The van der Waals surface area contributed by atoms with E-state index in [1.807, 2.05) is 20.8 Å². The molecule has 20 heavy (non-hydrogen) atoms. The van der Waals surface area contributed by atoms with Crippen LogP contribution in [0.5, 0.6) is 0 Å². The number of hydrogen-bond donors (Lipinski definition) is 2. The Morgan fingerprint density at radius 1 is 1.30 bits per heavy atom. The van der Waals surface area contributed by atoms with Gasteiger partial charge in [-0.3, -0.25) is 0 Å². The van der Waals surface area contributed by atoms with Crippen molar-refractivity contribution in [2.75, 3.05) is 6.54 Å². The van der Waals surface area contributed by atoms with Crippen molar-refractivity contribution in [3.63, 3.8) is 0 Å². The first-order valence-corrected chi connectivity index (χ1v) is 7.52. The summed E-state index contributed by atoms with van der Waals surface area (Å²) in [6.07, 6.45) is 1.56. The lowest BCUT2D eigenvalue weighted by atomic mass is 9.86. The van der Waals surface area contributed by atoms with Gasteiger partial charge in [-0.2, -0.15) is 0 Å². The number of likely N-dealkylation sites (tertiary alicyclic amines) is 1. The van der Waals surface area contributed by atoms with Gasteiger partial charge in [-0.25, -0.2) is 9.59 Å². The second-order valence-corrected chi connectivity index (χ2v) is 6.68. The van der Waals surface area contributed by atoms with E-state index in [-0.39, 0.29) is 18.0 Å². The third kappa shape index (κ3) is 4.39. The summed E-state index contributed by atoms with van der Waals surface area (Å²) in [7, 11) is 0. The zero-order chi connectivity index (χ0) is 15.4. The molecule has 3 unspecified atom stereocenters. The van der Waals surface area contributed by atoms with Gasteiger partial charge in [-0.05, 0) is 37.5 Å². The second-order valence-electron chi connectivity index (χ2n) is 6.68. The third-order valence-electron chi connectivity index (χ3n) is 4.16. The average Bonchev–Trinajstić information content (AvgIpc) is 2.32. The number of carbonyl (C=O) groups excluding carboxylic acids is 1. The van der Waals surface area contributed by atoms with Crippen LogP contribution in [0.3, 0.4) is 0 Å². The Kier molecular flexibility index (Phi) is 5.84. The fraction of sp³-hybridized carbons (Fsp3) is 0.867. The van der Waals surface area contributed by atoms with Crippen LogP contribution in [0.1, 0.15) is 47.5 Å². The van der Waals surface area contributed by atoms with Crippen molar-refractivity contribution in [1.29, 1.82) is 0 Å². The lowest BCUT2D eigenvalue weighted by Crippen LogP contribution is -2.55. The molecule has 1 fully saturated rings. The lowest BCUT2D eigenvalue weighted by molar-refractivity contribution is -0.139. The molecule has 1 aliphatic heterocycles. The van der Waals surface area contributed by atoms with Crippen LogP contribution in [0.2, 0.25) is 0 Å². The summed E-state index contributed by atoms with van der Waals surface area (Å²) in [6, 6.07) is -0.897. The molecule has 0 aromatic rings. The molecule has 116 valence electrons. The Morgan fingerprint density at radius 2 is 1.90 bits per heavy atom. The first-order chi connectivity index (χ1) is 9.22. The van der Waals surface area contributed by atoms with Gasteiger partial charge in [0, 0.05) is 12.6 Å². The van der Waals surface area contributed by atoms with E-state index in [2.05, 4.69) is 19.2 Å². The number of aliphatic carboxylic acids is 1. The van der Waals surface area contributed by atoms with Gasteiger partial charge in [-0.15, -0.1) is 0 Å². The monoisotopic (exact) mass is 284 g/mol. The maximum atomic E-state index is 12.3. The minimum atomic E-state index is -0.960. The van der Waals surface area contributed by atoms with Gasteiger partial charge in [0.2, 0.25) is 0 Å². The van der Waals surface area contributed by atoms with Crippen molar-refractivity contribution in [1.82, 2.24) is 10.2 Å². The molecule has 0 aliphatic carbocycles. The van der Waals surface area contributed by atoms with Crippen molar-refractivity contribution in [2.24, 2.45) is 17.8 Å². The van der Waals surface area contributed by atoms with E-state index >= 15 is 0 Å². The van der Waals surface area contributed by atoms with Gasteiger partial charge in [0.1, 0.15) is 6.04 Å². The fourth-order valence-corrected chi connectivity index (χ4v) is 2.91. The van der Waals surface area contributed by atoms with Crippen LogP contribution in [-0.4, -0.2) is 40.6 Å². The zero-order valence-corrected chi connectivity index (χ0v) is 13.2. The molecule has 4 atom stereocenters. The molecule has 0 bridgehead atoms. The number of rotatable bonds is 4. The second kappa shape index (κ2) is 6.95.